The van der Waals surface area contributed by atoms with Crippen molar-refractivity contribution >= 4 is 32.6 Å². The molecule has 2 heterocycles. The quantitative estimate of drug-likeness (QED) is 0.426. The number of halogens is 1. The van der Waals surface area contributed by atoms with Crippen molar-refractivity contribution in [3.05, 3.63) is 93.0 Å². The highest BCUT2D eigenvalue weighted by atomic mass is 32.2. The van der Waals surface area contributed by atoms with E-state index in [0.29, 0.717) is 35.6 Å². The number of benzene rings is 3. The maximum Gasteiger partial charge on any atom is 0.262 e. The molecule has 1 atom stereocenters. The molecule has 0 amide bonds. The molecule has 0 saturated carbocycles. The van der Waals surface area contributed by atoms with Crippen molar-refractivity contribution in [3.8, 4) is 0 Å². The second-order valence-electron chi connectivity index (χ2n) is 9.20. The number of hydrogen-bond acceptors (Lipinski definition) is 6. The monoisotopic (exact) mass is 507 g/mol. The van der Waals surface area contributed by atoms with E-state index in [-0.39, 0.29) is 16.3 Å². The summed E-state index contributed by atoms with van der Waals surface area (Å²) in [6.07, 6.45) is 0. The first-order valence-electron chi connectivity index (χ1n) is 11.4. The molecule has 36 heavy (non-hydrogen) atoms. The Morgan fingerprint density at radius 3 is 2.56 bits per heavy atom. The third-order valence-corrected chi connectivity index (χ3v) is 7.51. The molecule has 10 heteroatoms. The van der Waals surface area contributed by atoms with Crippen LogP contribution in [0.1, 0.15) is 35.2 Å². The van der Waals surface area contributed by atoms with Gasteiger partial charge in [-0.1, -0.05) is 24.3 Å². The van der Waals surface area contributed by atoms with Crippen LogP contribution in [0.4, 0.5) is 16.0 Å². The van der Waals surface area contributed by atoms with Gasteiger partial charge in [0.1, 0.15) is 10.7 Å². The highest BCUT2D eigenvalue weighted by molar-refractivity contribution is 7.89. The lowest BCUT2D eigenvalue weighted by atomic mass is 10.0. The summed E-state index contributed by atoms with van der Waals surface area (Å²) in [4.78, 5) is 20.3. The van der Waals surface area contributed by atoms with Gasteiger partial charge in [-0.2, -0.15) is 0 Å². The zero-order valence-electron chi connectivity index (χ0n) is 20.1. The number of rotatable bonds is 5. The molecule has 4 aromatic rings. The van der Waals surface area contributed by atoms with Crippen molar-refractivity contribution < 1.29 is 12.8 Å². The van der Waals surface area contributed by atoms with E-state index in [1.807, 2.05) is 24.8 Å². The number of nitrogens with two attached hydrogens (primary N) is 1. The lowest BCUT2D eigenvalue weighted by molar-refractivity contribution is 0.598. The van der Waals surface area contributed by atoms with Gasteiger partial charge in [0, 0.05) is 25.7 Å². The SMILES string of the molecule is Cc1cc([C@@H](C)Nc2ccccc2S(N)(=O)=O)c2nc(N3Cc4ccc(F)cc4C3)n(C)c(=O)c2c1. The number of hydrogen-bond donors (Lipinski definition) is 2. The largest absolute Gasteiger partial charge is 0.377 e. The van der Waals surface area contributed by atoms with Crippen LogP contribution in [0.3, 0.4) is 0 Å². The number of aromatic nitrogens is 2. The van der Waals surface area contributed by atoms with Gasteiger partial charge in [0.05, 0.1) is 22.6 Å². The predicted octanol–water partition coefficient (Wildman–Crippen LogP) is 3.72. The highest BCUT2D eigenvalue weighted by Gasteiger charge is 2.25. The predicted molar refractivity (Wildman–Crippen MR) is 138 cm³/mol. The second-order valence-corrected chi connectivity index (χ2v) is 10.7. The number of fused-ring (bicyclic) bond motifs is 2. The Morgan fingerprint density at radius 2 is 1.81 bits per heavy atom. The Kier molecular flexibility index (Phi) is 5.80. The number of sulfonamides is 1. The highest BCUT2D eigenvalue weighted by Crippen LogP contribution is 2.32. The summed E-state index contributed by atoms with van der Waals surface area (Å²) in [5.74, 6) is 0.180. The molecule has 0 saturated heterocycles. The van der Waals surface area contributed by atoms with Gasteiger partial charge in [-0.15, -0.1) is 0 Å². The first kappa shape index (κ1) is 24.0. The minimum atomic E-state index is -3.94. The first-order valence-corrected chi connectivity index (χ1v) is 13.0. The van der Waals surface area contributed by atoms with E-state index < -0.39 is 16.1 Å². The standard InChI is InChI=1S/C26H26FN5O3S/c1-15-10-20(16(2)29-22-6-4-5-7-23(22)36(28,34)35)24-21(11-15)25(33)31(3)26(30-24)32-13-17-8-9-19(27)12-18(17)14-32/h4-12,16,29H,13-14H2,1-3H3,(H2,28,34,35)/t16-/m1/s1. The molecule has 186 valence electrons. The normalized spacial score (nSPS) is 14.2. The number of primary sulfonamides is 1. The molecule has 0 unspecified atom stereocenters. The average molecular weight is 508 g/mol. The van der Waals surface area contributed by atoms with Gasteiger partial charge in [0.15, 0.2) is 0 Å². The smallest absolute Gasteiger partial charge is 0.262 e. The molecule has 5 rings (SSSR count). The van der Waals surface area contributed by atoms with Crippen LogP contribution in [0.25, 0.3) is 10.9 Å². The van der Waals surface area contributed by atoms with Crippen LogP contribution in [-0.2, 0) is 30.2 Å². The van der Waals surface area contributed by atoms with Gasteiger partial charge >= 0.3 is 0 Å². The Hall–Kier alpha value is -3.76. The van der Waals surface area contributed by atoms with Gasteiger partial charge in [-0.25, -0.2) is 22.9 Å². The molecule has 0 bridgehead atoms. The molecule has 3 aromatic carbocycles. The van der Waals surface area contributed by atoms with Gasteiger partial charge in [-0.05, 0) is 60.9 Å². The zero-order chi connectivity index (χ0) is 25.8. The van der Waals surface area contributed by atoms with E-state index >= 15 is 0 Å². The molecule has 1 aliphatic heterocycles. The van der Waals surface area contributed by atoms with E-state index in [4.69, 9.17) is 10.1 Å². The van der Waals surface area contributed by atoms with E-state index in [2.05, 4.69) is 5.32 Å². The molecule has 3 N–H and O–H groups in total. The molecule has 1 aliphatic rings. The molecule has 0 spiro atoms. The number of aryl methyl sites for hydroxylation is 1. The van der Waals surface area contributed by atoms with Crippen LogP contribution in [0.5, 0.6) is 0 Å². The van der Waals surface area contributed by atoms with E-state index in [1.165, 1.54) is 22.8 Å². The summed E-state index contributed by atoms with van der Waals surface area (Å²) >= 11 is 0. The number of nitrogens with zero attached hydrogens (tertiary/aromatic N) is 3. The minimum absolute atomic E-state index is 0.0135. The fraction of sp³-hybridized carbons (Fsp3) is 0.231. The van der Waals surface area contributed by atoms with Crippen molar-refractivity contribution in [3.63, 3.8) is 0 Å². The van der Waals surface area contributed by atoms with Crippen LogP contribution < -0.4 is 20.9 Å². The fourth-order valence-electron chi connectivity index (χ4n) is 4.80. The summed E-state index contributed by atoms with van der Waals surface area (Å²) in [6, 6.07) is 14.5. The molecule has 0 radical (unpaired) electrons. The van der Waals surface area contributed by atoms with Gasteiger partial charge in [-0.3, -0.25) is 9.36 Å². The van der Waals surface area contributed by atoms with Crippen LogP contribution in [0.2, 0.25) is 0 Å². The number of para-hydroxylation sites is 1. The summed E-state index contributed by atoms with van der Waals surface area (Å²) in [5, 5.41) is 9.10. The maximum absolute atomic E-state index is 13.8. The Bertz CT molecular complexity index is 1680. The molecule has 1 aromatic heterocycles. The Labute approximate surface area is 208 Å². The van der Waals surface area contributed by atoms with Gasteiger partial charge < -0.3 is 10.2 Å². The van der Waals surface area contributed by atoms with Crippen molar-refractivity contribution in [2.45, 2.75) is 37.9 Å². The molecular formula is C26H26FN5O3S. The van der Waals surface area contributed by atoms with E-state index in [9.17, 15) is 17.6 Å². The van der Waals surface area contributed by atoms with Gasteiger partial charge in [0.2, 0.25) is 16.0 Å². The third kappa shape index (κ3) is 4.22. The van der Waals surface area contributed by atoms with Crippen LogP contribution in [0, 0.1) is 12.7 Å². The molecule has 8 nitrogen and oxygen atoms in total. The van der Waals surface area contributed by atoms with Crippen molar-refractivity contribution in [1.82, 2.24) is 9.55 Å². The molecule has 0 fully saturated rings. The number of nitrogens with one attached hydrogen (secondary N) is 1. The van der Waals surface area contributed by atoms with Crippen LogP contribution in [-0.4, -0.2) is 18.0 Å². The van der Waals surface area contributed by atoms with Crippen molar-refractivity contribution in [2.24, 2.45) is 12.2 Å². The lowest BCUT2D eigenvalue weighted by Crippen LogP contribution is -2.28. The zero-order valence-corrected chi connectivity index (χ0v) is 20.9. The first-order chi connectivity index (χ1) is 17.0. The Balaban J connectivity index is 1.61. The van der Waals surface area contributed by atoms with Crippen LogP contribution >= 0.6 is 0 Å². The fourth-order valence-corrected chi connectivity index (χ4v) is 5.51. The van der Waals surface area contributed by atoms with E-state index in [0.717, 1.165) is 22.3 Å². The van der Waals surface area contributed by atoms with Gasteiger partial charge in [0.25, 0.3) is 5.56 Å². The summed E-state index contributed by atoms with van der Waals surface area (Å²) in [7, 11) is -2.26. The second kappa shape index (κ2) is 8.72. The van der Waals surface area contributed by atoms with Crippen molar-refractivity contribution in [2.75, 3.05) is 10.2 Å². The lowest BCUT2D eigenvalue weighted by Gasteiger charge is -2.23. The van der Waals surface area contributed by atoms with Crippen molar-refractivity contribution in [1.29, 1.82) is 0 Å². The Morgan fingerprint density at radius 1 is 1.08 bits per heavy atom. The van der Waals surface area contributed by atoms with E-state index in [1.54, 1.807) is 37.4 Å². The summed E-state index contributed by atoms with van der Waals surface area (Å²) in [6.45, 7) is 4.72. The van der Waals surface area contributed by atoms with Crippen LogP contribution in [0.15, 0.2) is 64.3 Å². The minimum Gasteiger partial charge on any atom is -0.377 e. The summed E-state index contributed by atoms with van der Waals surface area (Å²) in [5.41, 5.74) is 4.17. The molecular weight excluding hydrogens is 481 g/mol. The topological polar surface area (TPSA) is 110 Å². The number of anilines is 2. The third-order valence-electron chi connectivity index (χ3n) is 6.54. The summed E-state index contributed by atoms with van der Waals surface area (Å²) < 4.78 is 39.4. The molecule has 0 aliphatic carbocycles. The average Bonchev–Trinajstić information content (AvgIpc) is 3.23. The maximum atomic E-state index is 13.8.